The van der Waals surface area contributed by atoms with Crippen molar-refractivity contribution in [3.63, 3.8) is 0 Å². The first-order chi connectivity index (χ1) is 35.5. The molecule has 1 aliphatic carbocycles. The lowest BCUT2D eigenvalue weighted by molar-refractivity contribution is 0.660. The Morgan fingerprint density at radius 1 is 0.292 bits per heavy atom. The van der Waals surface area contributed by atoms with Gasteiger partial charge in [0.1, 0.15) is 0 Å². The maximum Gasteiger partial charge on any atom is 0.0547 e. The molecule has 13 aromatic rings. The predicted molar refractivity (Wildman–Crippen MR) is 304 cm³/mol. The topological polar surface area (TPSA) is 13.1 Å². The Labute approximate surface area is 419 Å². The van der Waals surface area contributed by atoms with E-state index in [9.17, 15) is 0 Å². The van der Waals surface area contributed by atoms with E-state index in [1.165, 1.54) is 65.9 Å². The molecule has 340 valence electrons. The molecule has 0 spiro atoms. The van der Waals surface area contributed by atoms with E-state index in [2.05, 4.69) is 289 Å². The van der Waals surface area contributed by atoms with Gasteiger partial charge in [0, 0.05) is 55.3 Å². The van der Waals surface area contributed by atoms with E-state index >= 15 is 0 Å². The molecule has 0 N–H and O–H groups in total. The van der Waals surface area contributed by atoms with Crippen molar-refractivity contribution in [3.05, 3.63) is 272 Å². The Morgan fingerprint density at radius 2 is 0.750 bits per heavy atom. The summed E-state index contributed by atoms with van der Waals surface area (Å²) in [5, 5.41) is 4.96. The average molecular weight is 920 g/mol. The first kappa shape index (κ1) is 41.8. The van der Waals surface area contributed by atoms with Crippen LogP contribution in [0.5, 0.6) is 0 Å². The lowest BCUT2D eigenvalue weighted by Crippen LogP contribution is -2.15. The van der Waals surface area contributed by atoms with E-state index in [0.717, 1.165) is 61.8 Å². The summed E-state index contributed by atoms with van der Waals surface area (Å²) in [6.07, 6.45) is 0. The normalized spacial score (nSPS) is 12.7. The Hall–Kier alpha value is -9.18. The van der Waals surface area contributed by atoms with Crippen LogP contribution in [-0.4, -0.2) is 9.13 Å². The van der Waals surface area contributed by atoms with E-state index in [0.29, 0.717) is 0 Å². The zero-order chi connectivity index (χ0) is 47.9. The quantitative estimate of drug-likeness (QED) is 0.148. The van der Waals surface area contributed by atoms with Crippen molar-refractivity contribution >= 4 is 60.7 Å². The molecule has 0 amide bonds. The molecule has 14 rings (SSSR count). The zero-order valence-corrected chi connectivity index (χ0v) is 40.2. The van der Waals surface area contributed by atoms with Gasteiger partial charge in [0.25, 0.3) is 0 Å². The van der Waals surface area contributed by atoms with Gasteiger partial charge < -0.3 is 14.0 Å². The minimum atomic E-state index is -0.0896. The molecule has 0 unspecified atom stereocenters. The monoisotopic (exact) mass is 919 g/mol. The second-order valence-electron chi connectivity index (χ2n) is 19.7. The third-order valence-corrected chi connectivity index (χ3v) is 15.3. The third-order valence-electron chi connectivity index (χ3n) is 15.3. The van der Waals surface area contributed by atoms with Gasteiger partial charge in [-0.15, -0.1) is 0 Å². The van der Waals surface area contributed by atoms with Crippen LogP contribution in [-0.2, 0) is 5.41 Å². The van der Waals surface area contributed by atoms with Crippen molar-refractivity contribution in [2.75, 3.05) is 4.90 Å². The Kier molecular flexibility index (Phi) is 9.56. The molecule has 2 heterocycles. The molecule has 0 aliphatic heterocycles. The van der Waals surface area contributed by atoms with Crippen LogP contribution in [0.15, 0.2) is 261 Å². The number of fused-ring (bicyclic) bond motifs is 9. The molecule has 3 nitrogen and oxygen atoms in total. The molecule has 0 radical (unpaired) electrons. The molecular formula is C69H49N3. The minimum Gasteiger partial charge on any atom is -0.310 e. The lowest BCUT2D eigenvalue weighted by Gasteiger charge is -2.29. The fourth-order valence-corrected chi connectivity index (χ4v) is 11.9. The molecule has 3 heteroatoms. The van der Waals surface area contributed by atoms with Crippen LogP contribution in [0.4, 0.5) is 17.1 Å². The van der Waals surface area contributed by atoms with Crippen LogP contribution in [0.1, 0.15) is 25.0 Å². The summed E-state index contributed by atoms with van der Waals surface area (Å²) in [6, 6.07) is 96.1. The van der Waals surface area contributed by atoms with Crippen LogP contribution >= 0.6 is 0 Å². The summed E-state index contributed by atoms with van der Waals surface area (Å²) >= 11 is 0. The summed E-state index contributed by atoms with van der Waals surface area (Å²) in [6.45, 7) is 4.70. The summed E-state index contributed by atoms with van der Waals surface area (Å²) in [4.78, 5) is 2.45. The molecule has 0 fully saturated rings. The first-order valence-corrected chi connectivity index (χ1v) is 25.0. The number of benzene rings is 11. The fraction of sp³-hybridized carbons (Fsp3) is 0.0435. The Bertz CT molecular complexity index is 4060. The van der Waals surface area contributed by atoms with E-state index in [1.807, 2.05) is 0 Å². The predicted octanol–water partition coefficient (Wildman–Crippen LogP) is 18.7. The highest BCUT2D eigenvalue weighted by atomic mass is 15.1. The molecule has 2 aromatic heterocycles. The van der Waals surface area contributed by atoms with Crippen LogP contribution in [0.3, 0.4) is 0 Å². The van der Waals surface area contributed by atoms with Crippen molar-refractivity contribution in [1.82, 2.24) is 9.13 Å². The number of anilines is 3. The second-order valence-corrected chi connectivity index (χ2v) is 19.7. The summed E-state index contributed by atoms with van der Waals surface area (Å²) in [7, 11) is 0. The summed E-state index contributed by atoms with van der Waals surface area (Å²) < 4.78 is 4.83. The zero-order valence-electron chi connectivity index (χ0n) is 40.2. The SMILES string of the molecule is CC1(C)c2ccccc2-c2cc(N(c3ccccc3)c3ccccc3-c3cc(-c4ccc5c6ccccc6n(-c6ccccc6)c5c4)cc(-c4ccc5c6ccccc6n(-c6ccccc6)c5c4)c3)ccc21. The molecule has 72 heavy (non-hydrogen) atoms. The van der Waals surface area contributed by atoms with Gasteiger partial charge in [-0.05, 0) is 147 Å². The van der Waals surface area contributed by atoms with Gasteiger partial charge in [-0.1, -0.05) is 178 Å². The van der Waals surface area contributed by atoms with Crippen molar-refractivity contribution < 1.29 is 0 Å². The van der Waals surface area contributed by atoms with E-state index in [1.54, 1.807) is 0 Å². The Morgan fingerprint density at radius 3 is 1.35 bits per heavy atom. The highest BCUT2D eigenvalue weighted by Crippen LogP contribution is 2.52. The average Bonchev–Trinajstić information content (AvgIpc) is 4.04. The summed E-state index contributed by atoms with van der Waals surface area (Å²) in [5.74, 6) is 0. The molecule has 0 atom stereocenters. The number of nitrogens with zero attached hydrogens (tertiary/aromatic N) is 3. The standard InChI is InChI=1S/C69H49N3/c1-69(2)62-30-16-12-27-56(62)61-45-54(36-39-63(61)69)70(51-20-6-3-7-21-51)64-31-17-13-26-55(64)50-41-48(46-34-37-59-57-28-14-18-32-65(57)71(67(59)43-46)52-22-8-4-9-23-52)40-49(42-50)47-35-38-60-58-29-15-19-33-66(58)72(68(60)44-47)53-24-10-5-11-25-53/h3-45H,1-2H3. The number of aromatic nitrogens is 2. The van der Waals surface area contributed by atoms with Crippen LogP contribution in [0, 0.1) is 0 Å². The molecule has 11 aromatic carbocycles. The smallest absolute Gasteiger partial charge is 0.0547 e. The van der Waals surface area contributed by atoms with E-state index in [4.69, 9.17) is 0 Å². The van der Waals surface area contributed by atoms with Crippen molar-refractivity contribution in [1.29, 1.82) is 0 Å². The Balaban J connectivity index is 1.01. The largest absolute Gasteiger partial charge is 0.310 e. The van der Waals surface area contributed by atoms with Gasteiger partial charge in [0.05, 0.1) is 27.8 Å². The molecule has 0 bridgehead atoms. The third kappa shape index (κ3) is 6.58. The van der Waals surface area contributed by atoms with Gasteiger partial charge in [0.2, 0.25) is 0 Å². The van der Waals surface area contributed by atoms with Crippen LogP contribution in [0.2, 0.25) is 0 Å². The molecule has 0 saturated heterocycles. The second kappa shape index (κ2) is 16.5. The number of hydrogen-bond donors (Lipinski definition) is 0. The van der Waals surface area contributed by atoms with Gasteiger partial charge >= 0.3 is 0 Å². The van der Waals surface area contributed by atoms with Gasteiger partial charge in [-0.3, -0.25) is 0 Å². The number of hydrogen-bond acceptors (Lipinski definition) is 1. The molecule has 0 saturated carbocycles. The van der Waals surface area contributed by atoms with Crippen molar-refractivity contribution in [3.8, 4) is 55.9 Å². The highest BCUT2D eigenvalue weighted by molar-refractivity contribution is 6.12. The molecule has 1 aliphatic rings. The van der Waals surface area contributed by atoms with E-state index < -0.39 is 0 Å². The molecular weight excluding hydrogens is 871 g/mol. The highest BCUT2D eigenvalue weighted by Gasteiger charge is 2.35. The van der Waals surface area contributed by atoms with Crippen LogP contribution in [0.25, 0.3) is 99.5 Å². The number of para-hydroxylation sites is 6. The first-order valence-electron chi connectivity index (χ1n) is 25.0. The van der Waals surface area contributed by atoms with Gasteiger partial charge in [-0.25, -0.2) is 0 Å². The maximum atomic E-state index is 2.45. The van der Waals surface area contributed by atoms with E-state index in [-0.39, 0.29) is 5.41 Å². The van der Waals surface area contributed by atoms with Crippen molar-refractivity contribution in [2.24, 2.45) is 0 Å². The minimum absolute atomic E-state index is 0.0896. The van der Waals surface area contributed by atoms with Crippen LogP contribution < -0.4 is 4.90 Å². The lowest BCUT2D eigenvalue weighted by atomic mass is 9.82. The van der Waals surface area contributed by atoms with Crippen molar-refractivity contribution in [2.45, 2.75) is 19.3 Å². The fourth-order valence-electron chi connectivity index (χ4n) is 11.9. The maximum absolute atomic E-state index is 2.45. The van der Waals surface area contributed by atoms with Gasteiger partial charge in [0.15, 0.2) is 0 Å². The number of rotatable bonds is 8. The van der Waals surface area contributed by atoms with Gasteiger partial charge in [-0.2, -0.15) is 0 Å². The summed E-state index contributed by atoms with van der Waals surface area (Å²) in [5.41, 5.74) is 22.5.